The van der Waals surface area contributed by atoms with Gasteiger partial charge >= 0.3 is 12.4 Å². The number of hydrogen-bond donors (Lipinski definition) is 3. The maximum atomic E-state index is 12.6. The molecule has 0 aliphatic carbocycles. The number of rotatable bonds is 14. The summed E-state index contributed by atoms with van der Waals surface area (Å²) in [4.78, 5) is 46.0. The lowest BCUT2D eigenvalue weighted by Gasteiger charge is -2.24. The molecular formula is C23H37F6N3O5S. The van der Waals surface area contributed by atoms with Gasteiger partial charge in [0.1, 0.15) is 12.0 Å². The summed E-state index contributed by atoms with van der Waals surface area (Å²) < 4.78 is 68.3. The molecule has 2 amide bonds. The van der Waals surface area contributed by atoms with E-state index in [2.05, 4.69) is 10.6 Å². The Hall–Kier alpha value is -2.03. The van der Waals surface area contributed by atoms with E-state index in [0.29, 0.717) is 43.9 Å². The fourth-order valence-electron chi connectivity index (χ4n) is 3.38. The highest BCUT2D eigenvalue weighted by Crippen LogP contribution is 2.19. The number of carboxylic acids is 1. The highest BCUT2D eigenvalue weighted by atomic mass is 32.2. The lowest BCUT2D eigenvalue weighted by atomic mass is 10.1. The van der Waals surface area contributed by atoms with Gasteiger partial charge in [-0.25, -0.2) is 0 Å². The van der Waals surface area contributed by atoms with Crippen molar-refractivity contribution in [2.24, 2.45) is 5.92 Å². The third-order valence-electron chi connectivity index (χ3n) is 5.50. The molecule has 1 fully saturated rings. The second-order valence-corrected chi connectivity index (χ2v) is 10.4. The molecule has 15 heteroatoms. The number of quaternary nitrogens is 1. The third kappa shape index (κ3) is 18.3. The molecule has 3 N–H and O–H groups in total. The van der Waals surface area contributed by atoms with Crippen LogP contribution in [0.4, 0.5) is 26.3 Å². The maximum absolute atomic E-state index is 12.6. The predicted octanol–water partition coefficient (Wildman–Crippen LogP) is 1.04. The third-order valence-corrected chi connectivity index (χ3v) is 6.54. The standard InChI is InChI=1S/C21H36F3N3O3S.C2HF3O2/c1-16(2)8-9-19(29)26-17(7-6-14-31-15-18(28)21(22,23)24)20(30)25-10-13-27-11-4-3-5-12-27;3-2(4,5)1(6)7/h16-17H,3-15H2,1-2H3,(H,25,30)(H,26,29);(H,6,7)/t17-;/m0./s1. The minimum Gasteiger partial charge on any atom is -0.542 e. The number of likely N-dealkylation sites (tertiary alicyclic amines) is 1. The monoisotopic (exact) mass is 581 g/mol. The predicted molar refractivity (Wildman–Crippen MR) is 127 cm³/mol. The van der Waals surface area contributed by atoms with Gasteiger partial charge in [0.15, 0.2) is 0 Å². The van der Waals surface area contributed by atoms with Crippen LogP contribution in [0.2, 0.25) is 0 Å². The smallest absolute Gasteiger partial charge is 0.450 e. The van der Waals surface area contributed by atoms with E-state index < -0.39 is 35.9 Å². The highest BCUT2D eigenvalue weighted by Gasteiger charge is 2.37. The van der Waals surface area contributed by atoms with Crippen molar-refractivity contribution in [3.63, 3.8) is 0 Å². The molecule has 0 radical (unpaired) electrons. The fourth-order valence-corrected chi connectivity index (χ4v) is 4.24. The van der Waals surface area contributed by atoms with Gasteiger partial charge in [-0.15, -0.1) is 0 Å². The van der Waals surface area contributed by atoms with Crippen LogP contribution in [0.5, 0.6) is 0 Å². The van der Waals surface area contributed by atoms with Crippen LogP contribution in [0, 0.1) is 5.92 Å². The summed E-state index contributed by atoms with van der Waals surface area (Å²) in [6.07, 6.45) is -4.55. The normalized spacial score (nSPS) is 15.3. The molecule has 0 saturated carbocycles. The molecule has 1 rings (SSSR count). The van der Waals surface area contributed by atoms with Crippen LogP contribution in [0.3, 0.4) is 0 Å². The number of carbonyl (C=O) groups excluding carboxylic acids is 4. The van der Waals surface area contributed by atoms with Gasteiger partial charge in [-0.3, -0.25) is 14.4 Å². The molecule has 1 heterocycles. The first-order valence-electron chi connectivity index (χ1n) is 12.4. The summed E-state index contributed by atoms with van der Waals surface area (Å²) in [5, 5.41) is 14.5. The minimum absolute atomic E-state index is 0.199. The Labute approximate surface area is 222 Å². The molecule has 1 aliphatic rings. The van der Waals surface area contributed by atoms with Gasteiger partial charge in [-0.1, -0.05) is 13.8 Å². The zero-order chi connectivity index (χ0) is 29.4. The van der Waals surface area contributed by atoms with Crippen LogP contribution in [-0.2, 0) is 19.2 Å². The summed E-state index contributed by atoms with van der Waals surface area (Å²) >= 11 is 0.894. The van der Waals surface area contributed by atoms with Crippen LogP contribution in [0.25, 0.3) is 0 Å². The van der Waals surface area contributed by atoms with Crippen molar-refractivity contribution in [1.29, 1.82) is 0 Å². The van der Waals surface area contributed by atoms with Crippen LogP contribution >= 0.6 is 11.8 Å². The zero-order valence-corrected chi connectivity index (χ0v) is 22.4. The Morgan fingerprint density at radius 1 is 0.947 bits per heavy atom. The molecule has 0 aromatic heterocycles. The Morgan fingerprint density at radius 2 is 1.53 bits per heavy atom. The molecule has 1 aliphatic heterocycles. The van der Waals surface area contributed by atoms with E-state index in [-0.39, 0.29) is 11.8 Å². The Morgan fingerprint density at radius 3 is 2.03 bits per heavy atom. The molecule has 222 valence electrons. The second-order valence-electron chi connectivity index (χ2n) is 9.31. The Bertz CT molecular complexity index is 744. The number of Topliss-reactive ketones (excluding diaryl/α,β-unsaturated/α-hetero) is 1. The second kappa shape index (κ2) is 18.3. The van der Waals surface area contributed by atoms with Crippen molar-refractivity contribution >= 4 is 35.3 Å². The number of carboxylic acid groups (broad SMARTS) is 1. The van der Waals surface area contributed by atoms with E-state index in [4.69, 9.17) is 9.90 Å². The number of amides is 2. The molecule has 8 nitrogen and oxygen atoms in total. The van der Waals surface area contributed by atoms with Crippen LogP contribution in [-0.4, -0.2) is 79.6 Å². The van der Waals surface area contributed by atoms with E-state index in [0.717, 1.165) is 31.4 Å². The lowest BCUT2D eigenvalue weighted by Crippen LogP contribution is -3.13. The molecule has 38 heavy (non-hydrogen) atoms. The van der Waals surface area contributed by atoms with Crippen molar-refractivity contribution in [3.05, 3.63) is 0 Å². The molecule has 1 saturated heterocycles. The van der Waals surface area contributed by atoms with Gasteiger partial charge in [0.2, 0.25) is 17.6 Å². The molecule has 0 aromatic rings. The number of piperidine rings is 1. The minimum atomic E-state index is -5.19. The summed E-state index contributed by atoms with van der Waals surface area (Å²) in [6, 6.07) is -0.713. The summed E-state index contributed by atoms with van der Waals surface area (Å²) in [5.41, 5.74) is 0. The van der Waals surface area contributed by atoms with Crippen molar-refractivity contribution < 1.29 is 55.5 Å². The number of thioether (sulfide) groups is 1. The van der Waals surface area contributed by atoms with Crippen LogP contribution in [0.15, 0.2) is 0 Å². The van der Waals surface area contributed by atoms with Gasteiger partial charge in [0, 0.05) is 6.42 Å². The summed E-state index contributed by atoms with van der Waals surface area (Å²) in [7, 11) is 0. The average Bonchev–Trinajstić information content (AvgIpc) is 2.81. The molecule has 1 atom stereocenters. The topological polar surface area (TPSA) is 120 Å². The number of hydrogen-bond acceptors (Lipinski definition) is 6. The van der Waals surface area contributed by atoms with Crippen molar-refractivity contribution in [3.8, 4) is 0 Å². The first kappa shape index (κ1) is 36.0. The van der Waals surface area contributed by atoms with Gasteiger partial charge in [-0.2, -0.15) is 38.1 Å². The average molecular weight is 582 g/mol. The molecular weight excluding hydrogens is 544 g/mol. The van der Waals surface area contributed by atoms with E-state index >= 15 is 0 Å². The number of nitrogens with one attached hydrogen (secondary N) is 3. The number of halogens is 6. The van der Waals surface area contributed by atoms with Gasteiger partial charge < -0.3 is 25.4 Å². The number of carbonyl (C=O) groups is 4. The number of alkyl halides is 6. The molecule has 0 aromatic carbocycles. The molecule has 0 bridgehead atoms. The highest BCUT2D eigenvalue weighted by molar-refractivity contribution is 7.99. The first-order chi connectivity index (χ1) is 17.5. The Kier molecular flexibility index (Phi) is 17.3. The van der Waals surface area contributed by atoms with Crippen molar-refractivity contribution in [2.75, 3.05) is 37.7 Å². The van der Waals surface area contributed by atoms with E-state index in [1.165, 1.54) is 24.2 Å². The molecule has 0 unspecified atom stereocenters. The fraction of sp³-hybridized carbons (Fsp3) is 0.826. The van der Waals surface area contributed by atoms with Crippen LogP contribution < -0.4 is 20.6 Å². The lowest BCUT2D eigenvalue weighted by molar-refractivity contribution is -0.903. The zero-order valence-electron chi connectivity index (χ0n) is 21.6. The SMILES string of the molecule is CC(C)CCC(=O)N[C@@H](CCCSCC(=O)C(F)(F)F)C(=O)NCC[NH+]1CCCCC1.O=C([O-])C(F)(F)F. The Balaban J connectivity index is 0.00000171. The summed E-state index contributed by atoms with van der Waals surface area (Å²) in [5.74, 6) is -5.17. The van der Waals surface area contributed by atoms with Crippen molar-refractivity contribution in [2.45, 2.75) is 77.2 Å². The van der Waals surface area contributed by atoms with Gasteiger partial charge in [0.05, 0.1) is 31.9 Å². The number of ketones is 1. The maximum Gasteiger partial charge on any atom is 0.450 e. The van der Waals surface area contributed by atoms with E-state index in [9.17, 15) is 40.7 Å². The molecule has 0 spiro atoms. The summed E-state index contributed by atoms with van der Waals surface area (Å²) in [6.45, 7) is 7.62. The number of aliphatic carboxylic acids is 1. The van der Waals surface area contributed by atoms with Crippen LogP contribution in [0.1, 0.15) is 58.8 Å². The van der Waals surface area contributed by atoms with Crippen molar-refractivity contribution in [1.82, 2.24) is 10.6 Å². The quantitative estimate of drug-likeness (QED) is 0.208. The van der Waals surface area contributed by atoms with Gasteiger partial charge in [-0.05, 0) is 50.2 Å². The van der Waals surface area contributed by atoms with E-state index in [1.54, 1.807) is 0 Å². The van der Waals surface area contributed by atoms with E-state index in [1.807, 2.05) is 13.8 Å². The van der Waals surface area contributed by atoms with Gasteiger partial charge in [0.25, 0.3) is 0 Å². The first-order valence-corrected chi connectivity index (χ1v) is 13.6. The largest absolute Gasteiger partial charge is 0.542 e.